The summed E-state index contributed by atoms with van der Waals surface area (Å²) in [5.74, 6) is -2.14. The van der Waals surface area contributed by atoms with Crippen LogP contribution in [-0.2, 0) is 14.4 Å². The topological polar surface area (TPSA) is 167 Å². The van der Waals surface area contributed by atoms with E-state index in [1.165, 1.54) is 12.0 Å². The van der Waals surface area contributed by atoms with Gasteiger partial charge in [0.2, 0.25) is 11.8 Å². The van der Waals surface area contributed by atoms with Crippen molar-refractivity contribution in [2.24, 2.45) is 11.7 Å². The van der Waals surface area contributed by atoms with Gasteiger partial charge in [0.05, 0.1) is 13.2 Å². The van der Waals surface area contributed by atoms with Crippen molar-refractivity contribution in [1.29, 1.82) is 5.41 Å². The van der Waals surface area contributed by atoms with Gasteiger partial charge in [-0.3, -0.25) is 24.6 Å². The molecule has 3 amide bonds. The monoisotopic (exact) mass is 520 g/mol. The van der Waals surface area contributed by atoms with Gasteiger partial charge in [-0.2, -0.15) is 0 Å². The molecule has 0 saturated carbocycles. The number of hydrogen-bond donors (Lipinski definition) is 5. The zero-order valence-electron chi connectivity index (χ0n) is 21.5. The number of carbonyl (C=O) groups is 4. The highest BCUT2D eigenvalue weighted by Crippen LogP contribution is 2.21. The molecule has 37 heavy (non-hydrogen) atoms. The van der Waals surface area contributed by atoms with E-state index in [0.717, 1.165) is 0 Å². The van der Waals surface area contributed by atoms with Gasteiger partial charge in [-0.15, -0.1) is 0 Å². The number of rotatable bonds is 13. The standard InChI is InChI=1S/C25H37FN6O5/c1-15(2)21(31-22(34)16-7-4-8-17(13-16)37-3)24(36)32-12-6-10-19(32)23(35)30-18(20(33)14-26)9-5-11-29-25(27)28/h4,7-8,13,15,18-19,21H,5-6,9-12,14H2,1-3H3,(H,30,35)(H,31,34)(H4,27,28,29)/t18-,19-,21?/m0/s1. The van der Waals surface area contributed by atoms with Crippen LogP contribution in [-0.4, -0.2) is 79.4 Å². The predicted octanol–water partition coefficient (Wildman–Crippen LogP) is 0.727. The summed E-state index contributed by atoms with van der Waals surface area (Å²) in [5, 5.41) is 15.1. The van der Waals surface area contributed by atoms with Gasteiger partial charge in [-0.1, -0.05) is 19.9 Å². The summed E-state index contributed by atoms with van der Waals surface area (Å²) < 4.78 is 18.3. The molecule has 11 nitrogen and oxygen atoms in total. The average Bonchev–Trinajstić information content (AvgIpc) is 3.37. The molecule has 1 aliphatic rings. The summed E-state index contributed by atoms with van der Waals surface area (Å²) in [6.07, 6.45) is 1.48. The molecular formula is C25H37FN6O5. The number of halogens is 1. The van der Waals surface area contributed by atoms with Gasteiger partial charge in [-0.25, -0.2) is 4.39 Å². The van der Waals surface area contributed by atoms with Crippen LogP contribution in [0.1, 0.15) is 49.9 Å². The molecule has 12 heteroatoms. The zero-order valence-corrected chi connectivity index (χ0v) is 21.5. The van der Waals surface area contributed by atoms with Gasteiger partial charge in [0.25, 0.3) is 5.91 Å². The molecule has 0 bridgehead atoms. The fourth-order valence-corrected chi connectivity index (χ4v) is 4.19. The van der Waals surface area contributed by atoms with Crippen LogP contribution in [0.4, 0.5) is 4.39 Å². The zero-order chi connectivity index (χ0) is 27.5. The first kappa shape index (κ1) is 29.5. The van der Waals surface area contributed by atoms with E-state index in [1.54, 1.807) is 38.1 Å². The van der Waals surface area contributed by atoms with Crippen LogP contribution >= 0.6 is 0 Å². The smallest absolute Gasteiger partial charge is 0.252 e. The molecule has 6 N–H and O–H groups in total. The number of amides is 3. The van der Waals surface area contributed by atoms with Crippen LogP contribution in [0.3, 0.4) is 0 Å². The fraction of sp³-hybridized carbons (Fsp3) is 0.560. The molecule has 0 aromatic heterocycles. The van der Waals surface area contributed by atoms with Crippen molar-refractivity contribution < 1.29 is 28.3 Å². The summed E-state index contributed by atoms with van der Waals surface area (Å²) in [4.78, 5) is 52.9. The second-order valence-corrected chi connectivity index (χ2v) is 9.26. The number of guanidine groups is 1. The number of benzene rings is 1. The Balaban J connectivity index is 2.10. The van der Waals surface area contributed by atoms with E-state index in [0.29, 0.717) is 43.7 Å². The average molecular weight is 521 g/mol. The number of methoxy groups -OCH3 is 1. The van der Waals surface area contributed by atoms with E-state index in [-0.39, 0.29) is 18.3 Å². The van der Waals surface area contributed by atoms with Crippen molar-refractivity contribution in [3.05, 3.63) is 29.8 Å². The number of nitrogens with one attached hydrogen (secondary N) is 4. The molecule has 0 spiro atoms. The van der Waals surface area contributed by atoms with Gasteiger partial charge < -0.3 is 31.3 Å². The first-order valence-electron chi connectivity index (χ1n) is 12.3. The van der Waals surface area contributed by atoms with E-state index < -0.39 is 48.3 Å². The molecule has 1 heterocycles. The van der Waals surface area contributed by atoms with E-state index in [2.05, 4.69) is 16.0 Å². The van der Waals surface area contributed by atoms with Gasteiger partial charge in [-0.05, 0) is 49.8 Å². The van der Waals surface area contributed by atoms with Crippen molar-refractivity contribution >= 4 is 29.5 Å². The Labute approximate surface area is 216 Å². The molecule has 0 radical (unpaired) electrons. The van der Waals surface area contributed by atoms with Crippen molar-refractivity contribution in [3.63, 3.8) is 0 Å². The molecule has 1 unspecified atom stereocenters. The Hall–Kier alpha value is -3.70. The summed E-state index contributed by atoms with van der Waals surface area (Å²) in [6.45, 7) is 2.97. The van der Waals surface area contributed by atoms with Crippen LogP contribution in [0, 0.1) is 11.3 Å². The Morgan fingerprint density at radius 3 is 2.59 bits per heavy atom. The Morgan fingerprint density at radius 1 is 1.24 bits per heavy atom. The molecule has 204 valence electrons. The highest BCUT2D eigenvalue weighted by Gasteiger charge is 2.39. The molecular weight excluding hydrogens is 483 g/mol. The lowest BCUT2D eigenvalue weighted by Gasteiger charge is -2.31. The third kappa shape index (κ3) is 8.43. The summed E-state index contributed by atoms with van der Waals surface area (Å²) in [7, 11) is 1.49. The number of ketones is 1. The summed E-state index contributed by atoms with van der Waals surface area (Å²) >= 11 is 0. The molecule has 2 rings (SSSR count). The minimum absolute atomic E-state index is 0.153. The van der Waals surface area contributed by atoms with Crippen LogP contribution in [0.2, 0.25) is 0 Å². The van der Waals surface area contributed by atoms with Crippen molar-refractivity contribution in [2.45, 2.75) is 57.7 Å². The molecule has 1 saturated heterocycles. The van der Waals surface area contributed by atoms with Gasteiger partial charge >= 0.3 is 0 Å². The predicted molar refractivity (Wildman–Crippen MR) is 136 cm³/mol. The largest absolute Gasteiger partial charge is 0.497 e. The summed E-state index contributed by atoms with van der Waals surface area (Å²) in [5.41, 5.74) is 5.56. The second kappa shape index (κ2) is 14.1. The number of nitrogens with two attached hydrogens (primary N) is 1. The lowest BCUT2D eigenvalue weighted by Crippen LogP contribution is -2.56. The highest BCUT2D eigenvalue weighted by molar-refractivity contribution is 5.99. The molecule has 1 aliphatic heterocycles. The second-order valence-electron chi connectivity index (χ2n) is 9.26. The number of likely N-dealkylation sites (tertiary alicyclic amines) is 1. The molecule has 3 atom stereocenters. The first-order valence-corrected chi connectivity index (χ1v) is 12.3. The number of ether oxygens (including phenoxy) is 1. The third-order valence-electron chi connectivity index (χ3n) is 6.21. The van der Waals surface area contributed by atoms with E-state index in [9.17, 15) is 23.6 Å². The maximum atomic E-state index is 13.5. The molecule has 1 aromatic rings. The maximum absolute atomic E-state index is 13.5. The number of Topliss-reactive ketones (excluding diaryl/α,β-unsaturated/α-hetero) is 1. The van der Waals surface area contributed by atoms with Gasteiger partial charge in [0.15, 0.2) is 11.7 Å². The minimum Gasteiger partial charge on any atom is -0.497 e. The fourth-order valence-electron chi connectivity index (χ4n) is 4.19. The maximum Gasteiger partial charge on any atom is 0.252 e. The van der Waals surface area contributed by atoms with Crippen molar-refractivity contribution in [3.8, 4) is 5.75 Å². The van der Waals surface area contributed by atoms with Crippen LogP contribution in [0.5, 0.6) is 5.75 Å². The molecule has 1 fully saturated rings. The SMILES string of the molecule is COc1cccc(C(=O)NC(C(=O)N2CCC[C@H]2C(=O)N[C@@H](CCCNC(=N)N)C(=O)CF)C(C)C)c1. The molecule has 0 aliphatic carbocycles. The van der Waals surface area contributed by atoms with E-state index in [4.69, 9.17) is 15.9 Å². The Morgan fingerprint density at radius 2 is 1.97 bits per heavy atom. The van der Waals surface area contributed by atoms with Crippen LogP contribution in [0.25, 0.3) is 0 Å². The van der Waals surface area contributed by atoms with Crippen molar-refractivity contribution in [1.82, 2.24) is 20.9 Å². The lowest BCUT2D eigenvalue weighted by atomic mass is 10.0. The number of hydrogen-bond acceptors (Lipinski definition) is 6. The summed E-state index contributed by atoms with van der Waals surface area (Å²) in [6, 6.07) is 3.78. The lowest BCUT2D eigenvalue weighted by molar-refractivity contribution is -0.141. The Kier molecular flexibility index (Phi) is 11.3. The highest BCUT2D eigenvalue weighted by atomic mass is 19.1. The van der Waals surface area contributed by atoms with Gasteiger partial charge in [0, 0.05) is 18.7 Å². The van der Waals surface area contributed by atoms with E-state index in [1.807, 2.05) is 0 Å². The number of alkyl halides is 1. The normalized spacial score (nSPS) is 16.6. The minimum atomic E-state index is -1.23. The Bertz CT molecular complexity index is 988. The first-order chi connectivity index (χ1) is 17.6. The van der Waals surface area contributed by atoms with Crippen LogP contribution in [0.15, 0.2) is 24.3 Å². The third-order valence-corrected chi connectivity index (χ3v) is 6.21. The molecule has 1 aromatic carbocycles. The van der Waals surface area contributed by atoms with Crippen LogP contribution < -0.4 is 26.4 Å². The number of carbonyl (C=O) groups excluding carboxylic acids is 4. The quantitative estimate of drug-likeness (QED) is 0.145. The number of nitrogens with zero attached hydrogens (tertiary/aromatic N) is 1. The van der Waals surface area contributed by atoms with E-state index >= 15 is 0 Å². The van der Waals surface area contributed by atoms with Gasteiger partial charge in [0.1, 0.15) is 24.5 Å². The van der Waals surface area contributed by atoms with Crippen molar-refractivity contribution in [2.75, 3.05) is 26.9 Å².